The first-order valence-corrected chi connectivity index (χ1v) is 6.22. The zero-order valence-electron chi connectivity index (χ0n) is 9.91. The van der Waals surface area contributed by atoms with E-state index in [9.17, 15) is 26.3 Å². The van der Waals surface area contributed by atoms with E-state index >= 15 is 0 Å². The summed E-state index contributed by atoms with van der Waals surface area (Å²) in [6, 6.07) is 3.83. The highest BCUT2D eigenvalue weighted by Gasteiger charge is 2.32. The minimum Gasteiger partial charge on any atom is -0.404 e. The third-order valence-electron chi connectivity index (χ3n) is 2.12. The molecule has 0 aliphatic rings. The summed E-state index contributed by atoms with van der Waals surface area (Å²) < 4.78 is 76.5. The molecule has 1 aromatic rings. The minimum absolute atomic E-state index is 0.0206. The molecule has 1 N–H and O–H groups in total. The molecule has 114 valence electrons. The Balaban J connectivity index is 2.65. The lowest BCUT2D eigenvalue weighted by Gasteiger charge is -2.15. The lowest BCUT2D eigenvalue weighted by molar-refractivity contribution is -0.274. The molecule has 0 aliphatic carbocycles. The van der Waals surface area contributed by atoms with Crippen molar-refractivity contribution in [1.29, 1.82) is 0 Å². The summed E-state index contributed by atoms with van der Waals surface area (Å²) in [5, 5.41) is 2.49. The first-order valence-electron chi connectivity index (χ1n) is 5.43. The number of anilines is 1. The summed E-state index contributed by atoms with van der Waals surface area (Å²) >= 11 is 2.99. The van der Waals surface area contributed by atoms with Gasteiger partial charge in [-0.3, -0.25) is 0 Å². The van der Waals surface area contributed by atoms with E-state index in [4.69, 9.17) is 0 Å². The third-order valence-corrected chi connectivity index (χ3v) is 2.62. The van der Waals surface area contributed by atoms with Crippen molar-refractivity contribution in [3.05, 3.63) is 22.7 Å². The van der Waals surface area contributed by atoms with Gasteiger partial charge >= 0.3 is 12.5 Å². The van der Waals surface area contributed by atoms with Crippen molar-refractivity contribution in [2.45, 2.75) is 25.4 Å². The molecule has 0 bridgehead atoms. The molecule has 0 unspecified atom stereocenters. The molecule has 0 aliphatic heterocycles. The molecule has 0 amide bonds. The average Bonchev–Trinajstić information content (AvgIpc) is 2.23. The highest BCUT2D eigenvalue weighted by Crippen LogP contribution is 2.33. The van der Waals surface area contributed by atoms with Gasteiger partial charge in [0.25, 0.3) is 0 Å². The van der Waals surface area contributed by atoms with E-state index in [1.54, 1.807) is 0 Å². The molecule has 0 fully saturated rings. The maximum absolute atomic E-state index is 12.2. The fourth-order valence-corrected chi connectivity index (χ4v) is 1.70. The van der Waals surface area contributed by atoms with Crippen LogP contribution in [0.4, 0.5) is 32.0 Å². The number of rotatable bonds is 5. The predicted molar refractivity (Wildman–Crippen MR) is 64.6 cm³/mol. The first kappa shape index (κ1) is 16.9. The van der Waals surface area contributed by atoms with Crippen molar-refractivity contribution in [3.8, 4) is 5.75 Å². The van der Waals surface area contributed by atoms with Gasteiger partial charge in [0.1, 0.15) is 0 Å². The van der Waals surface area contributed by atoms with Crippen LogP contribution in [0, 0.1) is 0 Å². The van der Waals surface area contributed by atoms with Gasteiger partial charge in [0.2, 0.25) is 0 Å². The monoisotopic (exact) mass is 365 g/mol. The van der Waals surface area contributed by atoms with Crippen LogP contribution in [-0.4, -0.2) is 19.1 Å². The van der Waals surface area contributed by atoms with Crippen LogP contribution in [-0.2, 0) is 0 Å². The Morgan fingerprint density at radius 3 is 2.30 bits per heavy atom. The van der Waals surface area contributed by atoms with Gasteiger partial charge < -0.3 is 10.1 Å². The quantitative estimate of drug-likeness (QED) is 0.578. The van der Waals surface area contributed by atoms with Crippen molar-refractivity contribution in [3.63, 3.8) is 0 Å². The van der Waals surface area contributed by atoms with Crippen molar-refractivity contribution in [2.75, 3.05) is 11.9 Å². The number of benzene rings is 1. The average molecular weight is 366 g/mol. The second-order valence-corrected chi connectivity index (χ2v) is 4.75. The van der Waals surface area contributed by atoms with Crippen LogP contribution in [0.2, 0.25) is 0 Å². The second-order valence-electron chi connectivity index (χ2n) is 3.83. The van der Waals surface area contributed by atoms with E-state index in [2.05, 4.69) is 26.0 Å². The molecule has 9 heteroatoms. The maximum atomic E-state index is 12.2. The molecular formula is C11H10BrF6NO. The van der Waals surface area contributed by atoms with Gasteiger partial charge in [0.15, 0.2) is 5.75 Å². The molecular weight excluding hydrogens is 356 g/mol. The fraction of sp³-hybridized carbons (Fsp3) is 0.455. The standard InChI is InChI=1S/C11H10BrF6NO/c12-7-2-3-8(9(6-7)20-11(16,17)18)19-5-1-4-10(13,14)15/h2-3,6,19H,1,4-5H2. The largest absolute Gasteiger partial charge is 0.573 e. The molecule has 0 radical (unpaired) electrons. The molecule has 0 atom stereocenters. The fourth-order valence-electron chi connectivity index (χ4n) is 1.36. The Labute approximate surface area is 119 Å². The lowest BCUT2D eigenvalue weighted by atomic mass is 10.2. The van der Waals surface area contributed by atoms with Crippen molar-refractivity contribution in [1.82, 2.24) is 0 Å². The Morgan fingerprint density at radius 2 is 1.75 bits per heavy atom. The van der Waals surface area contributed by atoms with Gasteiger partial charge in [-0.15, -0.1) is 13.2 Å². The SMILES string of the molecule is FC(F)(F)CCCNc1ccc(Br)cc1OC(F)(F)F. The summed E-state index contributed by atoms with van der Waals surface area (Å²) in [5.74, 6) is -0.501. The predicted octanol–water partition coefficient (Wildman–Crippen LogP) is 5.10. The van der Waals surface area contributed by atoms with Gasteiger partial charge in [-0.05, 0) is 24.6 Å². The Hall–Kier alpha value is -1.12. The van der Waals surface area contributed by atoms with Crippen LogP contribution in [0.5, 0.6) is 5.75 Å². The van der Waals surface area contributed by atoms with Gasteiger partial charge in [0.05, 0.1) is 5.69 Å². The van der Waals surface area contributed by atoms with E-state index in [1.807, 2.05) is 0 Å². The molecule has 0 spiro atoms. The summed E-state index contributed by atoms with van der Waals surface area (Å²) in [6.45, 7) is -0.116. The lowest BCUT2D eigenvalue weighted by Crippen LogP contribution is -2.18. The van der Waals surface area contributed by atoms with Crippen molar-refractivity contribution < 1.29 is 31.1 Å². The zero-order valence-corrected chi connectivity index (χ0v) is 11.5. The third kappa shape index (κ3) is 6.88. The van der Waals surface area contributed by atoms with E-state index < -0.39 is 24.7 Å². The number of hydrogen-bond acceptors (Lipinski definition) is 2. The van der Waals surface area contributed by atoms with Gasteiger partial charge in [0, 0.05) is 17.4 Å². The zero-order chi connectivity index (χ0) is 15.4. The topological polar surface area (TPSA) is 21.3 Å². The van der Waals surface area contributed by atoms with Crippen molar-refractivity contribution in [2.24, 2.45) is 0 Å². The van der Waals surface area contributed by atoms with Crippen LogP contribution in [0.15, 0.2) is 22.7 Å². The van der Waals surface area contributed by atoms with Crippen LogP contribution < -0.4 is 10.1 Å². The van der Waals surface area contributed by atoms with Crippen molar-refractivity contribution >= 4 is 21.6 Å². The normalized spacial score (nSPS) is 12.3. The van der Waals surface area contributed by atoms with Crippen LogP contribution in [0.1, 0.15) is 12.8 Å². The smallest absolute Gasteiger partial charge is 0.404 e. The maximum Gasteiger partial charge on any atom is 0.573 e. The number of nitrogens with one attached hydrogen (secondary N) is 1. The molecule has 0 saturated heterocycles. The summed E-state index contributed by atoms with van der Waals surface area (Å²) in [7, 11) is 0. The number of halogens is 7. The Bertz CT molecular complexity index is 446. The summed E-state index contributed by atoms with van der Waals surface area (Å²) in [5.41, 5.74) is -0.0206. The minimum atomic E-state index is -4.87. The molecule has 1 aromatic carbocycles. The van der Waals surface area contributed by atoms with E-state index in [0.717, 1.165) is 6.07 Å². The van der Waals surface area contributed by atoms with E-state index in [0.29, 0.717) is 4.47 Å². The molecule has 0 saturated carbocycles. The van der Waals surface area contributed by atoms with E-state index in [1.165, 1.54) is 12.1 Å². The molecule has 0 aromatic heterocycles. The van der Waals surface area contributed by atoms with Crippen LogP contribution in [0.3, 0.4) is 0 Å². The second kappa shape index (κ2) is 6.55. The van der Waals surface area contributed by atoms with Gasteiger partial charge in [-0.2, -0.15) is 13.2 Å². The Kier molecular flexibility index (Phi) is 5.55. The molecule has 1 rings (SSSR count). The highest BCUT2D eigenvalue weighted by molar-refractivity contribution is 9.10. The van der Waals surface area contributed by atoms with Crippen LogP contribution >= 0.6 is 15.9 Å². The first-order chi connectivity index (χ1) is 9.07. The highest BCUT2D eigenvalue weighted by atomic mass is 79.9. The van der Waals surface area contributed by atoms with Gasteiger partial charge in [-0.25, -0.2) is 0 Å². The number of hydrogen-bond donors (Lipinski definition) is 1. The number of ether oxygens (including phenoxy) is 1. The molecule has 20 heavy (non-hydrogen) atoms. The summed E-state index contributed by atoms with van der Waals surface area (Å²) in [6.07, 6.45) is -10.4. The van der Waals surface area contributed by atoms with E-state index in [-0.39, 0.29) is 18.7 Å². The molecule has 0 heterocycles. The molecule has 2 nitrogen and oxygen atoms in total. The van der Waals surface area contributed by atoms with Gasteiger partial charge in [-0.1, -0.05) is 15.9 Å². The summed E-state index contributed by atoms with van der Waals surface area (Å²) in [4.78, 5) is 0. The number of alkyl halides is 6. The Morgan fingerprint density at radius 1 is 1.10 bits per heavy atom. The van der Waals surface area contributed by atoms with Crippen LogP contribution in [0.25, 0.3) is 0 Å².